The molecule has 1 fully saturated rings. The van der Waals surface area contributed by atoms with Gasteiger partial charge in [-0.1, -0.05) is 70.7 Å². The van der Waals surface area contributed by atoms with E-state index in [1.807, 2.05) is 68.1 Å². The van der Waals surface area contributed by atoms with Gasteiger partial charge in [-0.15, -0.1) is 0 Å². The fraction of sp³-hybridized carbons (Fsp3) is 0.382. The number of nitrogens with zero attached hydrogens (tertiary/aromatic N) is 2. The molecule has 0 spiro atoms. The van der Waals surface area contributed by atoms with Crippen LogP contribution in [0.25, 0.3) is 5.57 Å². The number of ether oxygens (including phenoxy) is 2. The molecule has 0 unspecified atom stereocenters. The molecule has 1 amide bonds. The Morgan fingerprint density at radius 3 is 2.37 bits per heavy atom. The van der Waals surface area contributed by atoms with E-state index in [9.17, 15) is 4.79 Å². The van der Waals surface area contributed by atoms with E-state index in [4.69, 9.17) is 55.9 Å². The van der Waals surface area contributed by atoms with Crippen LogP contribution in [0.5, 0.6) is 5.75 Å². The molecule has 43 heavy (non-hydrogen) atoms. The first-order chi connectivity index (χ1) is 20.4. The highest BCUT2D eigenvalue weighted by Crippen LogP contribution is 2.36. The summed E-state index contributed by atoms with van der Waals surface area (Å²) in [5.74, 6) is 0.750. The van der Waals surface area contributed by atoms with Crippen LogP contribution in [0.4, 0.5) is 4.79 Å². The minimum atomic E-state index is -0.566. The summed E-state index contributed by atoms with van der Waals surface area (Å²) in [6, 6.07) is 19.8. The topological polar surface area (TPSA) is 42.0 Å². The molecule has 0 saturated heterocycles. The lowest BCUT2D eigenvalue weighted by molar-refractivity contribution is 0.0261. The lowest BCUT2D eigenvalue weighted by atomic mass is 9.92. The van der Waals surface area contributed by atoms with Crippen LogP contribution >= 0.6 is 46.4 Å². The van der Waals surface area contributed by atoms with Crippen molar-refractivity contribution in [1.29, 1.82) is 0 Å². The molecule has 0 aromatic heterocycles. The first-order valence-electron chi connectivity index (χ1n) is 14.5. The maximum absolute atomic E-state index is 13.1. The minimum absolute atomic E-state index is 0.294. The Balaban J connectivity index is 1.42. The second-order valence-electron chi connectivity index (χ2n) is 12.2. The number of halogens is 4. The van der Waals surface area contributed by atoms with Crippen molar-refractivity contribution in [3.63, 3.8) is 0 Å². The van der Waals surface area contributed by atoms with E-state index in [1.165, 1.54) is 11.1 Å². The van der Waals surface area contributed by atoms with Crippen LogP contribution in [0, 0.1) is 0 Å². The lowest BCUT2D eigenvalue weighted by Crippen LogP contribution is -2.42. The summed E-state index contributed by atoms with van der Waals surface area (Å²) in [6.07, 6.45) is 2.68. The van der Waals surface area contributed by atoms with Gasteiger partial charge in [0.1, 0.15) is 18.0 Å². The third-order valence-electron chi connectivity index (χ3n) is 7.46. The summed E-state index contributed by atoms with van der Waals surface area (Å²) in [7, 11) is 0. The van der Waals surface area contributed by atoms with Crippen LogP contribution in [-0.4, -0.2) is 47.2 Å². The van der Waals surface area contributed by atoms with Gasteiger partial charge in [0.25, 0.3) is 0 Å². The number of rotatable bonds is 9. The Morgan fingerprint density at radius 2 is 1.67 bits per heavy atom. The molecule has 1 aliphatic carbocycles. The van der Waals surface area contributed by atoms with Gasteiger partial charge in [-0.25, -0.2) is 4.79 Å². The number of carbonyl (C=O) groups is 1. The van der Waals surface area contributed by atoms with Gasteiger partial charge in [-0.05, 0) is 104 Å². The molecule has 1 heterocycles. The third-order valence-corrected chi connectivity index (χ3v) is 8.76. The molecule has 228 valence electrons. The Labute approximate surface area is 274 Å². The Morgan fingerprint density at radius 1 is 0.953 bits per heavy atom. The predicted octanol–water partition coefficient (Wildman–Crippen LogP) is 9.94. The van der Waals surface area contributed by atoms with Gasteiger partial charge in [0, 0.05) is 42.3 Å². The number of hydrogen-bond acceptors (Lipinski definition) is 4. The molecule has 0 N–H and O–H groups in total. The molecule has 1 saturated carbocycles. The highest BCUT2D eigenvalue weighted by atomic mass is 35.5. The summed E-state index contributed by atoms with van der Waals surface area (Å²) in [4.78, 5) is 17.4. The van der Waals surface area contributed by atoms with Gasteiger partial charge in [0.05, 0.1) is 10.0 Å². The zero-order chi connectivity index (χ0) is 30.7. The van der Waals surface area contributed by atoms with Crippen molar-refractivity contribution in [3.8, 4) is 5.75 Å². The molecule has 9 heteroatoms. The maximum atomic E-state index is 13.1. The van der Waals surface area contributed by atoms with E-state index < -0.39 is 5.60 Å². The Bertz CT molecular complexity index is 1490. The Kier molecular flexibility index (Phi) is 10.2. The van der Waals surface area contributed by atoms with Gasteiger partial charge in [0.2, 0.25) is 0 Å². The first kappa shape index (κ1) is 32.0. The monoisotopic (exact) mass is 660 g/mol. The zero-order valence-electron chi connectivity index (χ0n) is 24.6. The number of carbonyl (C=O) groups excluding carboxylic acids is 1. The van der Waals surface area contributed by atoms with E-state index in [0.29, 0.717) is 65.3 Å². The van der Waals surface area contributed by atoms with Crippen molar-refractivity contribution in [1.82, 2.24) is 9.80 Å². The van der Waals surface area contributed by atoms with Crippen molar-refractivity contribution >= 4 is 58.1 Å². The van der Waals surface area contributed by atoms with Crippen LogP contribution in [0.15, 0.2) is 66.2 Å². The van der Waals surface area contributed by atoms with Gasteiger partial charge in [0.15, 0.2) is 0 Å². The van der Waals surface area contributed by atoms with Crippen molar-refractivity contribution in [2.75, 3.05) is 19.6 Å². The van der Waals surface area contributed by atoms with Crippen LogP contribution in [0.2, 0.25) is 20.1 Å². The van der Waals surface area contributed by atoms with E-state index in [2.05, 4.69) is 17.0 Å². The average Bonchev–Trinajstić information content (AvgIpc) is 3.78. The minimum Gasteiger partial charge on any atom is -0.489 e. The molecule has 1 aliphatic heterocycles. The molecule has 3 aromatic rings. The SMILES string of the molecule is CC(C)(C)OC(=O)N1CCC(c2cccc(OCc3cc(Cl)cc(Cl)c3)c2)=C(CN(Cc2cccc(Cl)c2Cl)C2CC2)C1. The summed E-state index contributed by atoms with van der Waals surface area (Å²) in [5, 5.41) is 2.30. The molecular formula is C34H36Cl4N2O3. The molecule has 0 atom stereocenters. The Hall–Kier alpha value is -2.41. The van der Waals surface area contributed by atoms with Gasteiger partial charge in [-0.2, -0.15) is 0 Å². The van der Waals surface area contributed by atoms with Crippen LogP contribution in [-0.2, 0) is 17.9 Å². The normalized spacial score (nSPS) is 15.7. The highest BCUT2D eigenvalue weighted by Gasteiger charge is 2.33. The largest absolute Gasteiger partial charge is 0.489 e. The van der Waals surface area contributed by atoms with Gasteiger partial charge in [-0.3, -0.25) is 4.90 Å². The van der Waals surface area contributed by atoms with Gasteiger partial charge < -0.3 is 14.4 Å². The number of hydrogen-bond donors (Lipinski definition) is 0. The zero-order valence-corrected chi connectivity index (χ0v) is 27.7. The van der Waals surface area contributed by atoms with E-state index in [1.54, 1.807) is 6.07 Å². The lowest BCUT2D eigenvalue weighted by Gasteiger charge is -2.35. The fourth-order valence-corrected chi connectivity index (χ4v) is 6.28. The van der Waals surface area contributed by atoms with Crippen molar-refractivity contribution < 1.29 is 14.3 Å². The van der Waals surface area contributed by atoms with Crippen LogP contribution in [0.1, 0.15) is 56.7 Å². The quantitative estimate of drug-likeness (QED) is 0.229. The summed E-state index contributed by atoms with van der Waals surface area (Å²) < 4.78 is 11.9. The summed E-state index contributed by atoms with van der Waals surface area (Å²) in [6.45, 7) is 8.47. The first-order valence-corrected chi connectivity index (χ1v) is 16.0. The fourth-order valence-electron chi connectivity index (χ4n) is 5.33. The molecule has 3 aromatic carbocycles. The maximum Gasteiger partial charge on any atom is 0.410 e. The second kappa shape index (κ2) is 13.7. The molecule has 2 aliphatic rings. The van der Waals surface area contributed by atoms with E-state index >= 15 is 0 Å². The molecular weight excluding hydrogens is 626 g/mol. The average molecular weight is 662 g/mol. The van der Waals surface area contributed by atoms with E-state index in [0.717, 1.165) is 35.3 Å². The van der Waals surface area contributed by atoms with Crippen molar-refractivity contribution in [2.45, 2.75) is 64.8 Å². The molecule has 0 radical (unpaired) electrons. The van der Waals surface area contributed by atoms with Crippen LogP contribution in [0.3, 0.4) is 0 Å². The number of benzene rings is 3. The predicted molar refractivity (Wildman–Crippen MR) is 176 cm³/mol. The third kappa shape index (κ3) is 8.83. The standard InChI is InChI=1S/C34H36Cl4N2O3/c1-34(2,3)43-33(41)39-13-12-30(23-6-4-8-29(16-23)42-21-22-14-26(35)17-27(36)15-22)25(19-39)20-40(28-10-11-28)18-24-7-5-9-31(37)32(24)38/h4-9,14-17,28H,10-13,18-21H2,1-3H3. The second-order valence-corrected chi connectivity index (χ2v) is 13.8. The molecule has 5 nitrogen and oxygen atoms in total. The van der Waals surface area contributed by atoms with Crippen molar-refractivity contribution in [3.05, 3.63) is 103 Å². The van der Waals surface area contributed by atoms with Gasteiger partial charge >= 0.3 is 6.09 Å². The highest BCUT2D eigenvalue weighted by molar-refractivity contribution is 6.42. The van der Waals surface area contributed by atoms with Crippen molar-refractivity contribution in [2.24, 2.45) is 0 Å². The summed E-state index contributed by atoms with van der Waals surface area (Å²) in [5.41, 5.74) is 4.81. The molecule has 0 bridgehead atoms. The number of amides is 1. The summed E-state index contributed by atoms with van der Waals surface area (Å²) >= 11 is 25.3. The van der Waals surface area contributed by atoms with E-state index in [-0.39, 0.29) is 6.09 Å². The van der Waals surface area contributed by atoms with Crippen LogP contribution < -0.4 is 4.74 Å². The molecule has 5 rings (SSSR count). The smallest absolute Gasteiger partial charge is 0.410 e.